The molecule has 0 aliphatic heterocycles. The van der Waals surface area contributed by atoms with E-state index in [4.69, 9.17) is 5.84 Å². The highest BCUT2D eigenvalue weighted by Gasteiger charge is 2.13. The third kappa shape index (κ3) is 6.88. The van der Waals surface area contributed by atoms with Crippen molar-refractivity contribution in [3.63, 3.8) is 0 Å². The fraction of sp³-hybridized carbons (Fsp3) is 0.800. The maximum atomic E-state index is 11.7. The van der Waals surface area contributed by atoms with Crippen molar-refractivity contribution < 1.29 is 14.4 Å². The maximum absolute atomic E-state index is 11.7. The Hall–Kier alpha value is -1.18. The summed E-state index contributed by atoms with van der Waals surface area (Å²) < 4.78 is 0. The third-order valence-electron chi connectivity index (χ3n) is 2.39. The Morgan fingerprint density at radius 3 is 2.35 bits per heavy atom. The monoisotopic (exact) mass is 246 g/mol. The second-order valence-corrected chi connectivity index (χ2v) is 3.65. The molecule has 7 nitrogen and oxygen atoms in total. The largest absolute Gasteiger partial charge is 0.356 e. The van der Waals surface area contributed by atoms with E-state index in [0.717, 1.165) is 0 Å². The molecule has 0 spiro atoms. The lowest BCUT2D eigenvalue weighted by atomic mass is 10.3. The highest BCUT2D eigenvalue weighted by atomic mass is 16.7. The molecule has 100 valence electrons. The number of carbonyl (C=O) groups excluding carboxylic acids is 2. The average Bonchev–Trinajstić information content (AvgIpc) is 2.28. The van der Waals surface area contributed by atoms with E-state index in [1.165, 1.54) is 0 Å². The van der Waals surface area contributed by atoms with Gasteiger partial charge in [0.1, 0.15) is 0 Å². The Kier molecular flexibility index (Phi) is 8.29. The summed E-state index contributed by atoms with van der Waals surface area (Å²) in [4.78, 5) is 30.6. The van der Waals surface area contributed by atoms with E-state index >= 15 is 0 Å². The zero-order chi connectivity index (χ0) is 13.3. The van der Waals surface area contributed by atoms with Gasteiger partial charge in [-0.3, -0.25) is 14.5 Å². The number of hydrazine groups is 1. The molecule has 7 heteroatoms. The molecule has 0 atom stereocenters. The molecule has 0 aliphatic rings. The van der Waals surface area contributed by atoms with E-state index in [-0.39, 0.29) is 12.3 Å². The summed E-state index contributed by atoms with van der Waals surface area (Å²) in [6.07, 6.45) is 0.187. The molecule has 0 radical (unpaired) electrons. The van der Waals surface area contributed by atoms with Gasteiger partial charge in [-0.05, 0) is 20.9 Å². The minimum Gasteiger partial charge on any atom is -0.356 e. The summed E-state index contributed by atoms with van der Waals surface area (Å²) in [6.45, 7) is 6.01. The number of nitrogens with two attached hydrogens (primary N) is 1. The van der Waals surface area contributed by atoms with Gasteiger partial charge in [0.25, 0.3) is 0 Å². The lowest BCUT2D eigenvalue weighted by Gasteiger charge is -2.22. The van der Waals surface area contributed by atoms with Crippen molar-refractivity contribution in [2.45, 2.75) is 20.3 Å². The first-order chi connectivity index (χ1) is 8.04. The predicted molar refractivity (Wildman–Crippen MR) is 63.5 cm³/mol. The number of hydrogen-bond acceptors (Lipinski definition) is 6. The lowest BCUT2D eigenvalue weighted by Crippen LogP contribution is -2.39. The van der Waals surface area contributed by atoms with Crippen LogP contribution in [0, 0.1) is 0 Å². The Labute approximate surface area is 102 Å². The quantitative estimate of drug-likeness (QED) is 0.426. The Balaban J connectivity index is 3.89. The Morgan fingerprint density at radius 2 is 1.88 bits per heavy atom. The van der Waals surface area contributed by atoms with Crippen molar-refractivity contribution in [2.24, 2.45) is 5.84 Å². The van der Waals surface area contributed by atoms with Crippen LogP contribution in [0.5, 0.6) is 0 Å². The molecule has 0 heterocycles. The average molecular weight is 246 g/mol. The number of carbonyl (C=O) groups is 2. The van der Waals surface area contributed by atoms with Gasteiger partial charge < -0.3 is 9.74 Å². The van der Waals surface area contributed by atoms with Gasteiger partial charge in [-0.1, -0.05) is 5.59 Å². The van der Waals surface area contributed by atoms with E-state index in [1.807, 2.05) is 19.4 Å². The van der Waals surface area contributed by atoms with Crippen LogP contribution in [0.3, 0.4) is 0 Å². The molecular weight excluding hydrogens is 224 g/mol. The van der Waals surface area contributed by atoms with Crippen molar-refractivity contribution in [1.82, 2.24) is 15.4 Å². The number of likely N-dealkylation sites (N-methyl/N-ethyl adjacent to an activating group) is 2. The first-order valence-electron chi connectivity index (χ1n) is 5.66. The molecule has 0 saturated carbocycles. The van der Waals surface area contributed by atoms with Gasteiger partial charge in [-0.15, -0.1) is 0 Å². The van der Waals surface area contributed by atoms with Crippen LogP contribution in [0.4, 0.5) is 0 Å². The molecule has 0 aliphatic carbocycles. The highest BCUT2D eigenvalue weighted by Crippen LogP contribution is 1.94. The van der Waals surface area contributed by atoms with Crippen molar-refractivity contribution in [1.29, 1.82) is 0 Å². The van der Waals surface area contributed by atoms with Crippen LogP contribution in [0.2, 0.25) is 0 Å². The molecule has 0 fully saturated rings. The summed E-state index contributed by atoms with van der Waals surface area (Å²) in [5, 5.41) is 0. The summed E-state index contributed by atoms with van der Waals surface area (Å²) in [5.74, 6) is 4.43. The molecular formula is C10H22N4O3. The predicted octanol–water partition coefficient (Wildman–Crippen LogP) is -0.902. The van der Waals surface area contributed by atoms with Gasteiger partial charge >= 0.3 is 5.97 Å². The molecule has 0 unspecified atom stereocenters. The fourth-order valence-corrected chi connectivity index (χ4v) is 1.39. The van der Waals surface area contributed by atoms with Crippen LogP contribution < -0.4 is 11.4 Å². The Morgan fingerprint density at radius 1 is 1.29 bits per heavy atom. The SMILES string of the molecule is CCN(CC)C(=O)CN(C)CCC(=O)ONN. The van der Waals surface area contributed by atoms with Gasteiger partial charge in [0.15, 0.2) is 0 Å². The molecule has 0 aromatic heterocycles. The number of amides is 1. The van der Waals surface area contributed by atoms with Gasteiger partial charge in [0.05, 0.1) is 13.0 Å². The minimum absolute atomic E-state index is 0.0582. The molecule has 0 bridgehead atoms. The van der Waals surface area contributed by atoms with Crippen molar-refractivity contribution >= 4 is 11.9 Å². The maximum Gasteiger partial charge on any atom is 0.327 e. The van der Waals surface area contributed by atoms with Crippen LogP contribution in [0.15, 0.2) is 0 Å². The highest BCUT2D eigenvalue weighted by molar-refractivity contribution is 5.78. The molecule has 3 N–H and O–H groups in total. The lowest BCUT2D eigenvalue weighted by molar-refractivity contribution is -0.151. The smallest absolute Gasteiger partial charge is 0.327 e. The van der Waals surface area contributed by atoms with Crippen LogP contribution in [0.1, 0.15) is 20.3 Å². The minimum atomic E-state index is -0.449. The van der Waals surface area contributed by atoms with Gasteiger partial charge in [-0.25, -0.2) is 5.84 Å². The van der Waals surface area contributed by atoms with E-state index in [0.29, 0.717) is 26.2 Å². The van der Waals surface area contributed by atoms with Crippen LogP contribution in [-0.4, -0.2) is 54.9 Å². The standard InChI is InChI=1S/C10H22N4O3/c1-4-14(5-2)9(15)8-13(3)7-6-10(16)17-12-11/h12H,4-8,11H2,1-3H3. The molecule has 0 rings (SSSR count). The summed E-state index contributed by atoms with van der Waals surface area (Å²) in [5.41, 5.74) is 1.83. The van der Waals surface area contributed by atoms with Crippen LogP contribution >= 0.6 is 0 Å². The summed E-state index contributed by atoms with van der Waals surface area (Å²) in [6, 6.07) is 0. The second kappa shape index (κ2) is 8.91. The number of nitrogens with zero attached hydrogens (tertiary/aromatic N) is 2. The zero-order valence-electron chi connectivity index (χ0n) is 10.7. The first-order valence-corrected chi connectivity index (χ1v) is 5.66. The van der Waals surface area contributed by atoms with E-state index in [9.17, 15) is 9.59 Å². The van der Waals surface area contributed by atoms with Crippen molar-refractivity contribution in [2.75, 3.05) is 33.2 Å². The van der Waals surface area contributed by atoms with Crippen molar-refractivity contribution in [3.05, 3.63) is 0 Å². The van der Waals surface area contributed by atoms with Crippen LogP contribution in [0.25, 0.3) is 0 Å². The number of nitrogens with one attached hydrogen (secondary N) is 1. The van der Waals surface area contributed by atoms with Crippen LogP contribution in [-0.2, 0) is 14.4 Å². The van der Waals surface area contributed by atoms with Gasteiger partial charge in [0, 0.05) is 19.6 Å². The van der Waals surface area contributed by atoms with E-state index in [1.54, 1.807) is 16.8 Å². The Bertz CT molecular complexity index is 244. The summed E-state index contributed by atoms with van der Waals surface area (Å²) in [7, 11) is 1.78. The third-order valence-corrected chi connectivity index (χ3v) is 2.39. The summed E-state index contributed by atoms with van der Waals surface area (Å²) >= 11 is 0. The molecule has 0 aromatic carbocycles. The van der Waals surface area contributed by atoms with Gasteiger partial charge in [-0.2, -0.15) is 0 Å². The fourth-order valence-electron chi connectivity index (χ4n) is 1.39. The molecule has 17 heavy (non-hydrogen) atoms. The van der Waals surface area contributed by atoms with E-state index < -0.39 is 5.97 Å². The topological polar surface area (TPSA) is 87.9 Å². The second-order valence-electron chi connectivity index (χ2n) is 3.65. The zero-order valence-corrected chi connectivity index (χ0v) is 10.7. The normalized spacial score (nSPS) is 10.4. The van der Waals surface area contributed by atoms with Gasteiger partial charge in [0.2, 0.25) is 5.91 Å². The van der Waals surface area contributed by atoms with Crippen molar-refractivity contribution in [3.8, 4) is 0 Å². The number of rotatable bonds is 8. The first kappa shape index (κ1) is 15.8. The number of hydrogen-bond donors (Lipinski definition) is 2. The van der Waals surface area contributed by atoms with E-state index in [2.05, 4.69) is 4.84 Å². The molecule has 0 aromatic rings. The molecule has 0 saturated heterocycles. The molecule has 1 amide bonds.